The Bertz CT molecular complexity index is 943. The van der Waals surface area contributed by atoms with Gasteiger partial charge in [-0.05, 0) is 37.1 Å². The van der Waals surface area contributed by atoms with E-state index in [9.17, 15) is 0 Å². The molecule has 3 aromatic rings. The highest BCUT2D eigenvalue weighted by atomic mass is 16.7. The second kappa shape index (κ2) is 6.92. The number of anilines is 3. The molecule has 1 aliphatic rings. The molecule has 6 nitrogen and oxygen atoms in total. The summed E-state index contributed by atoms with van der Waals surface area (Å²) in [6.45, 7) is 4.96. The van der Waals surface area contributed by atoms with Gasteiger partial charge in [0.1, 0.15) is 17.5 Å². The van der Waals surface area contributed by atoms with Crippen LogP contribution >= 0.6 is 0 Å². The van der Waals surface area contributed by atoms with Crippen molar-refractivity contribution < 1.29 is 9.47 Å². The zero-order valence-corrected chi connectivity index (χ0v) is 14.7. The van der Waals surface area contributed by atoms with Crippen molar-refractivity contribution in [2.45, 2.75) is 20.4 Å². The van der Waals surface area contributed by atoms with Gasteiger partial charge >= 0.3 is 0 Å². The topological polar surface area (TPSA) is 68.3 Å². The van der Waals surface area contributed by atoms with Crippen LogP contribution in [0.25, 0.3) is 0 Å². The van der Waals surface area contributed by atoms with E-state index in [2.05, 4.69) is 39.7 Å². The Labute approximate surface area is 152 Å². The lowest BCUT2D eigenvalue weighted by molar-refractivity contribution is 0.174. The number of fused-ring (bicyclic) bond motifs is 1. The Kier molecular flexibility index (Phi) is 4.31. The Hall–Kier alpha value is -3.28. The van der Waals surface area contributed by atoms with Crippen molar-refractivity contribution in [3.8, 4) is 11.5 Å². The number of hydrogen-bond donors (Lipinski definition) is 2. The lowest BCUT2D eigenvalue weighted by Crippen LogP contribution is -2.06. The van der Waals surface area contributed by atoms with Gasteiger partial charge < -0.3 is 20.1 Å². The summed E-state index contributed by atoms with van der Waals surface area (Å²) < 4.78 is 10.8. The normalized spacial score (nSPS) is 12.1. The first-order chi connectivity index (χ1) is 12.7. The maximum atomic E-state index is 5.42. The predicted octanol–water partition coefficient (Wildman–Crippen LogP) is 4.18. The molecule has 2 N–H and O–H groups in total. The van der Waals surface area contributed by atoms with Gasteiger partial charge in [0.25, 0.3) is 0 Å². The number of benzene rings is 2. The fourth-order valence-corrected chi connectivity index (χ4v) is 2.84. The summed E-state index contributed by atoms with van der Waals surface area (Å²) in [5.41, 5.74) is 3.38. The zero-order valence-electron chi connectivity index (χ0n) is 14.7. The van der Waals surface area contributed by atoms with E-state index in [-0.39, 0.29) is 6.79 Å². The van der Waals surface area contributed by atoms with Gasteiger partial charge in [-0.25, -0.2) is 9.97 Å². The van der Waals surface area contributed by atoms with E-state index in [1.165, 1.54) is 11.1 Å². The van der Waals surface area contributed by atoms with Crippen LogP contribution < -0.4 is 20.1 Å². The summed E-state index contributed by atoms with van der Waals surface area (Å²) in [7, 11) is 0. The number of rotatable bonds is 5. The van der Waals surface area contributed by atoms with E-state index in [1.807, 2.05) is 43.3 Å². The van der Waals surface area contributed by atoms with Gasteiger partial charge in [0.15, 0.2) is 11.5 Å². The fourth-order valence-electron chi connectivity index (χ4n) is 2.84. The van der Waals surface area contributed by atoms with Crippen molar-refractivity contribution in [2.75, 3.05) is 17.4 Å². The molecule has 0 spiro atoms. The average molecular weight is 348 g/mol. The van der Waals surface area contributed by atoms with E-state index in [0.29, 0.717) is 12.4 Å². The van der Waals surface area contributed by atoms with Crippen LogP contribution in [0.1, 0.15) is 17.0 Å². The van der Waals surface area contributed by atoms with Gasteiger partial charge in [-0.1, -0.05) is 24.3 Å². The Morgan fingerprint density at radius 1 is 0.923 bits per heavy atom. The largest absolute Gasteiger partial charge is 0.454 e. The summed E-state index contributed by atoms with van der Waals surface area (Å²) >= 11 is 0. The second-order valence-corrected chi connectivity index (χ2v) is 6.16. The fraction of sp³-hybridized carbons (Fsp3) is 0.200. The molecule has 2 aromatic carbocycles. The highest BCUT2D eigenvalue weighted by Crippen LogP contribution is 2.35. The van der Waals surface area contributed by atoms with Crippen LogP contribution in [0.4, 0.5) is 17.3 Å². The van der Waals surface area contributed by atoms with E-state index in [1.54, 1.807) is 0 Å². The van der Waals surface area contributed by atoms with Crippen LogP contribution in [0.3, 0.4) is 0 Å². The lowest BCUT2D eigenvalue weighted by Gasteiger charge is -2.11. The third-order valence-corrected chi connectivity index (χ3v) is 4.20. The minimum absolute atomic E-state index is 0.262. The minimum Gasteiger partial charge on any atom is -0.454 e. The number of ether oxygens (including phenoxy) is 2. The SMILES string of the molecule is Cc1nc(NCc2ccccc2C)cc(Nc2ccc3c(c2)OCO3)n1. The van der Waals surface area contributed by atoms with Gasteiger partial charge in [-0.2, -0.15) is 0 Å². The molecule has 0 aliphatic carbocycles. The zero-order chi connectivity index (χ0) is 17.9. The van der Waals surface area contributed by atoms with E-state index >= 15 is 0 Å². The summed E-state index contributed by atoms with van der Waals surface area (Å²) in [5.74, 6) is 3.70. The molecule has 0 unspecified atom stereocenters. The van der Waals surface area contributed by atoms with E-state index in [4.69, 9.17) is 9.47 Å². The van der Waals surface area contributed by atoms with E-state index in [0.717, 1.165) is 28.8 Å². The molecule has 132 valence electrons. The summed E-state index contributed by atoms with van der Waals surface area (Å²) in [6.07, 6.45) is 0. The summed E-state index contributed by atoms with van der Waals surface area (Å²) in [6, 6.07) is 15.9. The molecule has 0 saturated heterocycles. The maximum absolute atomic E-state index is 5.42. The lowest BCUT2D eigenvalue weighted by atomic mass is 10.1. The van der Waals surface area contributed by atoms with Crippen molar-refractivity contribution in [1.29, 1.82) is 0 Å². The van der Waals surface area contributed by atoms with Gasteiger partial charge in [0.05, 0.1) is 0 Å². The number of nitrogens with one attached hydrogen (secondary N) is 2. The van der Waals surface area contributed by atoms with Crippen molar-refractivity contribution in [1.82, 2.24) is 9.97 Å². The molecule has 0 radical (unpaired) electrons. The molecule has 26 heavy (non-hydrogen) atoms. The average Bonchev–Trinajstić information content (AvgIpc) is 3.08. The second-order valence-electron chi connectivity index (χ2n) is 6.16. The molecule has 0 bridgehead atoms. The van der Waals surface area contributed by atoms with Crippen LogP contribution in [0.15, 0.2) is 48.5 Å². The smallest absolute Gasteiger partial charge is 0.231 e. The van der Waals surface area contributed by atoms with Gasteiger partial charge in [-0.15, -0.1) is 0 Å². The first-order valence-electron chi connectivity index (χ1n) is 8.48. The maximum Gasteiger partial charge on any atom is 0.231 e. The van der Waals surface area contributed by atoms with Gasteiger partial charge in [0.2, 0.25) is 6.79 Å². The molecule has 1 aromatic heterocycles. The number of hydrogen-bond acceptors (Lipinski definition) is 6. The van der Waals surface area contributed by atoms with Crippen molar-refractivity contribution >= 4 is 17.3 Å². The number of nitrogens with zero attached hydrogens (tertiary/aromatic N) is 2. The van der Waals surface area contributed by atoms with Crippen LogP contribution in [0.5, 0.6) is 11.5 Å². The molecule has 0 fully saturated rings. The Balaban J connectivity index is 1.50. The number of aryl methyl sites for hydroxylation is 2. The molecular weight excluding hydrogens is 328 g/mol. The first kappa shape index (κ1) is 16.2. The van der Waals surface area contributed by atoms with E-state index < -0.39 is 0 Å². The highest BCUT2D eigenvalue weighted by Gasteiger charge is 2.13. The van der Waals surface area contributed by atoms with Crippen molar-refractivity contribution in [3.63, 3.8) is 0 Å². The Morgan fingerprint density at radius 2 is 1.73 bits per heavy atom. The first-order valence-corrected chi connectivity index (χ1v) is 8.48. The summed E-state index contributed by atoms with van der Waals surface area (Å²) in [5, 5.41) is 6.67. The quantitative estimate of drug-likeness (QED) is 0.721. The summed E-state index contributed by atoms with van der Waals surface area (Å²) in [4.78, 5) is 8.93. The molecule has 2 heterocycles. The molecular formula is C20H20N4O2. The van der Waals surface area contributed by atoms with Crippen molar-refractivity contribution in [2.24, 2.45) is 0 Å². The standard InChI is InChI=1S/C20H20N4O2/c1-13-5-3-4-6-15(13)11-21-19-10-20(23-14(2)22-19)24-16-7-8-17-18(9-16)26-12-25-17/h3-10H,11-12H2,1-2H3,(H2,21,22,23,24). The highest BCUT2D eigenvalue weighted by molar-refractivity contribution is 5.63. The monoisotopic (exact) mass is 348 g/mol. The molecule has 0 saturated carbocycles. The molecule has 0 amide bonds. The van der Waals surface area contributed by atoms with Crippen LogP contribution in [0, 0.1) is 13.8 Å². The number of aromatic nitrogens is 2. The van der Waals surface area contributed by atoms with Crippen LogP contribution in [-0.2, 0) is 6.54 Å². The van der Waals surface area contributed by atoms with Crippen LogP contribution in [0.2, 0.25) is 0 Å². The predicted molar refractivity (Wildman–Crippen MR) is 101 cm³/mol. The molecule has 6 heteroatoms. The molecule has 0 atom stereocenters. The molecule has 1 aliphatic heterocycles. The minimum atomic E-state index is 0.262. The molecule has 4 rings (SSSR count). The van der Waals surface area contributed by atoms with Crippen molar-refractivity contribution in [3.05, 3.63) is 65.5 Å². The van der Waals surface area contributed by atoms with Gasteiger partial charge in [0, 0.05) is 24.4 Å². The third kappa shape index (κ3) is 3.54. The Morgan fingerprint density at radius 3 is 2.62 bits per heavy atom. The third-order valence-electron chi connectivity index (χ3n) is 4.20. The van der Waals surface area contributed by atoms with Crippen LogP contribution in [-0.4, -0.2) is 16.8 Å². The van der Waals surface area contributed by atoms with Gasteiger partial charge in [-0.3, -0.25) is 0 Å².